The molecule has 21 heavy (non-hydrogen) atoms. The van der Waals surface area contributed by atoms with Gasteiger partial charge >= 0.3 is 0 Å². The molecule has 1 saturated carbocycles. The fourth-order valence-corrected chi connectivity index (χ4v) is 4.42. The van der Waals surface area contributed by atoms with Gasteiger partial charge in [-0.05, 0) is 31.2 Å². The van der Waals surface area contributed by atoms with Gasteiger partial charge in [-0.1, -0.05) is 19.3 Å². The van der Waals surface area contributed by atoms with Gasteiger partial charge in [0.15, 0.2) is 0 Å². The maximum Gasteiger partial charge on any atom is 0.273 e. The normalized spacial score (nSPS) is 20.5. The quantitative estimate of drug-likeness (QED) is 0.927. The highest BCUT2D eigenvalue weighted by molar-refractivity contribution is 7.09. The van der Waals surface area contributed by atoms with E-state index in [1.165, 1.54) is 38.5 Å². The second-order valence-corrected chi connectivity index (χ2v) is 7.15. The average molecular weight is 330 g/mol. The summed E-state index contributed by atoms with van der Waals surface area (Å²) >= 11 is 1.55. The maximum atomic E-state index is 12.5. The number of halogens is 1. The molecule has 6 heteroatoms. The monoisotopic (exact) mass is 329 g/mol. The predicted octanol–water partition coefficient (Wildman–Crippen LogP) is 2.86. The molecule has 2 N–H and O–H groups in total. The Kier molecular flexibility index (Phi) is 5.63. The molecule has 1 aromatic heterocycles. The molecule has 1 aliphatic carbocycles. The summed E-state index contributed by atoms with van der Waals surface area (Å²) in [6.45, 7) is 2.44. The zero-order chi connectivity index (χ0) is 14.0. The SMILES string of the molecule is Cl.NCCc1nc(C(=O)N2CCC3(CCCCC3)C2)cs1. The molecule has 1 spiro atoms. The number of hydrogen-bond acceptors (Lipinski definition) is 4. The minimum atomic E-state index is 0. The van der Waals surface area contributed by atoms with Gasteiger partial charge in [0.25, 0.3) is 5.91 Å². The first-order valence-electron chi connectivity index (χ1n) is 7.66. The highest BCUT2D eigenvalue weighted by Crippen LogP contribution is 2.43. The minimum Gasteiger partial charge on any atom is -0.337 e. The lowest BCUT2D eigenvalue weighted by molar-refractivity contribution is 0.0754. The molecule has 0 atom stereocenters. The summed E-state index contributed by atoms with van der Waals surface area (Å²) < 4.78 is 0. The van der Waals surface area contributed by atoms with Crippen LogP contribution in [0.25, 0.3) is 0 Å². The Balaban J connectivity index is 0.00000161. The number of hydrogen-bond donors (Lipinski definition) is 1. The largest absolute Gasteiger partial charge is 0.337 e. The van der Waals surface area contributed by atoms with Crippen LogP contribution in [0.3, 0.4) is 0 Å². The van der Waals surface area contributed by atoms with Crippen LogP contribution in [0.2, 0.25) is 0 Å². The topological polar surface area (TPSA) is 59.2 Å². The Morgan fingerprint density at radius 2 is 2.10 bits per heavy atom. The molecule has 1 amide bonds. The standard InChI is InChI=1S/C15H23N3OS.ClH/c16-8-4-13-17-12(10-20-13)14(19)18-9-7-15(11-18)5-2-1-3-6-15;/h10H,1-9,11,16H2;1H. The fraction of sp³-hybridized carbons (Fsp3) is 0.733. The summed E-state index contributed by atoms with van der Waals surface area (Å²) in [5.74, 6) is 0.118. The number of nitrogens with two attached hydrogens (primary N) is 1. The first-order valence-corrected chi connectivity index (χ1v) is 8.54. The Bertz CT molecular complexity index is 485. The van der Waals surface area contributed by atoms with Gasteiger partial charge in [-0.2, -0.15) is 0 Å². The molecule has 118 valence electrons. The number of rotatable bonds is 3. The van der Waals surface area contributed by atoms with E-state index in [2.05, 4.69) is 4.98 Å². The van der Waals surface area contributed by atoms with Crippen LogP contribution in [0.5, 0.6) is 0 Å². The molecule has 0 radical (unpaired) electrons. The molecular formula is C15H24ClN3OS. The maximum absolute atomic E-state index is 12.5. The third-order valence-electron chi connectivity index (χ3n) is 4.77. The van der Waals surface area contributed by atoms with Crippen molar-refractivity contribution < 1.29 is 4.79 Å². The van der Waals surface area contributed by atoms with E-state index in [4.69, 9.17) is 5.73 Å². The lowest BCUT2D eigenvalue weighted by Gasteiger charge is -2.33. The first-order chi connectivity index (χ1) is 9.72. The Labute approximate surface area is 136 Å². The van der Waals surface area contributed by atoms with Crippen molar-refractivity contribution in [2.45, 2.75) is 44.9 Å². The second-order valence-electron chi connectivity index (χ2n) is 6.20. The summed E-state index contributed by atoms with van der Waals surface area (Å²) in [6.07, 6.45) is 8.57. The molecule has 2 fully saturated rings. The van der Waals surface area contributed by atoms with E-state index in [0.29, 0.717) is 17.7 Å². The van der Waals surface area contributed by atoms with Gasteiger partial charge in [-0.3, -0.25) is 4.79 Å². The van der Waals surface area contributed by atoms with Gasteiger partial charge in [0.1, 0.15) is 5.69 Å². The molecule has 1 saturated heterocycles. The highest BCUT2D eigenvalue weighted by atomic mass is 35.5. The summed E-state index contributed by atoms with van der Waals surface area (Å²) in [5, 5.41) is 2.86. The number of carbonyl (C=O) groups excluding carboxylic acids is 1. The van der Waals surface area contributed by atoms with Crippen LogP contribution in [0.15, 0.2) is 5.38 Å². The lowest BCUT2D eigenvalue weighted by atomic mass is 9.73. The van der Waals surface area contributed by atoms with Crippen molar-refractivity contribution in [3.63, 3.8) is 0 Å². The van der Waals surface area contributed by atoms with E-state index in [-0.39, 0.29) is 18.3 Å². The van der Waals surface area contributed by atoms with Gasteiger partial charge in [-0.25, -0.2) is 4.98 Å². The van der Waals surface area contributed by atoms with Crippen molar-refractivity contribution in [3.05, 3.63) is 16.1 Å². The summed E-state index contributed by atoms with van der Waals surface area (Å²) in [7, 11) is 0. The van der Waals surface area contributed by atoms with Crippen molar-refractivity contribution in [3.8, 4) is 0 Å². The number of likely N-dealkylation sites (tertiary alicyclic amines) is 1. The van der Waals surface area contributed by atoms with Crippen LogP contribution < -0.4 is 5.73 Å². The van der Waals surface area contributed by atoms with E-state index >= 15 is 0 Å². The Morgan fingerprint density at radius 3 is 2.81 bits per heavy atom. The molecular weight excluding hydrogens is 306 g/mol. The number of carbonyl (C=O) groups is 1. The fourth-order valence-electron chi connectivity index (χ4n) is 3.63. The first kappa shape index (κ1) is 16.7. The second kappa shape index (κ2) is 7.07. The smallest absolute Gasteiger partial charge is 0.273 e. The Morgan fingerprint density at radius 1 is 1.33 bits per heavy atom. The van der Waals surface area contributed by atoms with Crippen LogP contribution in [-0.4, -0.2) is 35.4 Å². The van der Waals surface area contributed by atoms with Gasteiger partial charge in [0, 0.05) is 24.9 Å². The van der Waals surface area contributed by atoms with Gasteiger partial charge in [0.05, 0.1) is 5.01 Å². The molecule has 0 aromatic carbocycles. The van der Waals surface area contributed by atoms with Crippen LogP contribution in [0.1, 0.15) is 54.0 Å². The van der Waals surface area contributed by atoms with Crippen molar-refractivity contribution >= 4 is 29.7 Å². The number of amides is 1. The Hall–Kier alpha value is -0.650. The van der Waals surface area contributed by atoms with Crippen LogP contribution in [0, 0.1) is 5.41 Å². The third kappa shape index (κ3) is 3.58. The van der Waals surface area contributed by atoms with E-state index in [1.54, 1.807) is 11.3 Å². The van der Waals surface area contributed by atoms with Gasteiger partial charge < -0.3 is 10.6 Å². The van der Waals surface area contributed by atoms with Gasteiger partial charge in [-0.15, -0.1) is 23.7 Å². The zero-order valence-corrected chi connectivity index (χ0v) is 14.0. The number of nitrogens with zero attached hydrogens (tertiary/aromatic N) is 2. The van der Waals surface area contributed by atoms with Crippen molar-refractivity contribution in [1.29, 1.82) is 0 Å². The molecule has 2 aliphatic rings. The molecule has 1 aromatic rings. The molecule has 0 unspecified atom stereocenters. The highest BCUT2D eigenvalue weighted by Gasteiger charge is 2.40. The van der Waals surface area contributed by atoms with Crippen LogP contribution in [0.4, 0.5) is 0 Å². The van der Waals surface area contributed by atoms with Crippen molar-refractivity contribution in [2.75, 3.05) is 19.6 Å². The predicted molar refractivity (Wildman–Crippen MR) is 88.2 cm³/mol. The summed E-state index contributed by atoms with van der Waals surface area (Å²) in [5.41, 5.74) is 6.57. The van der Waals surface area contributed by atoms with E-state index in [0.717, 1.165) is 24.5 Å². The molecule has 2 heterocycles. The van der Waals surface area contributed by atoms with Crippen molar-refractivity contribution in [2.24, 2.45) is 11.1 Å². The molecule has 0 bridgehead atoms. The van der Waals surface area contributed by atoms with Crippen LogP contribution >= 0.6 is 23.7 Å². The van der Waals surface area contributed by atoms with E-state index < -0.39 is 0 Å². The van der Waals surface area contributed by atoms with Gasteiger partial charge in [0.2, 0.25) is 0 Å². The summed E-state index contributed by atoms with van der Waals surface area (Å²) in [6, 6.07) is 0. The molecule has 1 aliphatic heterocycles. The minimum absolute atomic E-state index is 0. The molecule has 4 nitrogen and oxygen atoms in total. The third-order valence-corrected chi connectivity index (χ3v) is 5.68. The lowest BCUT2D eigenvalue weighted by Crippen LogP contribution is -2.33. The van der Waals surface area contributed by atoms with E-state index in [9.17, 15) is 4.79 Å². The van der Waals surface area contributed by atoms with Crippen LogP contribution in [-0.2, 0) is 6.42 Å². The molecule has 3 rings (SSSR count). The number of aromatic nitrogens is 1. The zero-order valence-electron chi connectivity index (χ0n) is 12.3. The number of thiazole rings is 1. The average Bonchev–Trinajstić information content (AvgIpc) is 3.08. The summed E-state index contributed by atoms with van der Waals surface area (Å²) in [4.78, 5) is 19.0. The van der Waals surface area contributed by atoms with E-state index in [1.807, 2.05) is 10.3 Å². The van der Waals surface area contributed by atoms with Crippen molar-refractivity contribution in [1.82, 2.24) is 9.88 Å².